The van der Waals surface area contributed by atoms with Gasteiger partial charge in [-0.1, -0.05) is 0 Å². The lowest BCUT2D eigenvalue weighted by Gasteiger charge is -2.19. The Balaban J connectivity index is 3.71. The molecule has 0 fully saturated rings. The first-order chi connectivity index (χ1) is 11.8. The van der Waals surface area contributed by atoms with Crippen molar-refractivity contribution in [3.05, 3.63) is 16.4 Å². The number of hydrogen-bond donors (Lipinski definition) is 0. The highest BCUT2D eigenvalue weighted by Gasteiger charge is 2.45. The van der Waals surface area contributed by atoms with Crippen molar-refractivity contribution in [2.75, 3.05) is 26.4 Å². The molecule has 0 saturated carbocycles. The molecule has 0 aromatic carbocycles. The quantitative estimate of drug-likeness (QED) is 0.310. The molecule has 0 spiro atoms. The van der Waals surface area contributed by atoms with E-state index >= 15 is 0 Å². The van der Waals surface area contributed by atoms with Crippen molar-refractivity contribution in [3.8, 4) is 0 Å². The first-order valence-corrected chi connectivity index (χ1v) is 10.7. The fraction of sp³-hybridized carbons (Fsp3) is 0.667. The molecule has 1 rings (SSSR count). The van der Waals surface area contributed by atoms with Crippen LogP contribution in [-0.4, -0.2) is 41.3 Å². The summed E-state index contributed by atoms with van der Waals surface area (Å²) in [4.78, 5) is 18.1. The van der Waals surface area contributed by atoms with Crippen LogP contribution in [0.15, 0.2) is 6.33 Å². The minimum Gasteiger partial charge on any atom is -0.304 e. The maximum atomic E-state index is 12.9. The lowest BCUT2D eigenvalue weighted by Crippen LogP contribution is -2.28. The van der Waals surface area contributed by atoms with Gasteiger partial charge < -0.3 is 18.1 Å². The van der Waals surface area contributed by atoms with Crippen LogP contribution in [0.25, 0.3) is 0 Å². The second-order valence-corrected chi connectivity index (χ2v) is 8.16. The van der Waals surface area contributed by atoms with Gasteiger partial charge in [-0.25, -0.2) is 9.97 Å². The smallest absolute Gasteiger partial charge is 0.304 e. The second kappa shape index (κ2) is 9.47. The molecule has 0 aliphatic carbocycles. The molecule has 0 aliphatic heterocycles. The fourth-order valence-corrected chi connectivity index (χ4v) is 5.29. The molecule has 0 bridgehead atoms. The molecule has 0 saturated heterocycles. The molecule has 0 aliphatic rings. The van der Waals surface area contributed by atoms with Gasteiger partial charge in [-0.05, 0) is 27.7 Å². The number of nitro groups is 1. The van der Waals surface area contributed by atoms with Gasteiger partial charge in [0.25, 0.3) is 0 Å². The lowest BCUT2D eigenvalue weighted by atomic mass is 10.5. The third-order valence-electron chi connectivity index (χ3n) is 2.68. The Labute approximate surface area is 145 Å². The minimum absolute atomic E-state index is 0.0393. The van der Waals surface area contributed by atoms with Crippen LogP contribution in [-0.2, 0) is 27.2 Å². The zero-order chi connectivity index (χ0) is 19.1. The van der Waals surface area contributed by atoms with Crippen molar-refractivity contribution in [3.63, 3.8) is 0 Å². The van der Waals surface area contributed by atoms with Gasteiger partial charge in [0.15, 0.2) is 0 Å². The van der Waals surface area contributed by atoms with Crippen LogP contribution in [0.5, 0.6) is 0 Å². The highest BCUT2D eigenvalue weighted by atomic mass is 31.2. The molecular formula is C12H21N3O8P2. The summed E-state index contributed by atoms with van der Waals surface area (Å²) in [6.45, 7) is 6.03. The van der Waals surface area contributed by atoms with Crippen molar-refractivity contribution < 1.29 is 32.1 Å². The molecule has 1 heterocycles. The second-order valence-electron chi connectivity index (χ2n) is 4.29. The van der Waals surface area contributed by atoms with Crippen LogP contribution >= 0.6 is 15.2 Å². The molecule has 0 N–H and O–H groups in total. The third-order valence-corrected chi connectivity index (χ3v) is 6.77. The van der Waals surface area contributed by atoms with E-state index in [0.717, 1.165) is 6.33 Å². The van der Waals surface area contributed by atoms with Crippen molar-refractivity contribution in [2.24, 2.45) is 0 Å². The van der Waals surface area contributed by atoms with E-state index in [4.69, 9.17) is 18.1 Å². The van der Waals surface area contributed by atoms with Gasteiger partial charge in [-0.3, -0.25) is 19.2 Å². The molecule has 25 heavy (non-hydrogen) atoms. The monoisotopic (exact) mass is 397 g/mol. The normalized spacial score (nSPS) is 12.3. The summed E-state index contributed by atoms with van der Waals surface area (Å²) in [5, 5.41) is 11.6. The highest BCUT2D eigenvalue weighted by molar-refractivity contribution is 7.64. The molecule has 13 heteroatoms. The van der Waals surface area contributed by atoms with Crippen LogP contribution in [0.4, 0.5) is 5.69 Å². The maximum Gasteiger partial charge on any atom is 0.386 e. The molecule has 0 radical (unpaired) electrons. The Morgan fingerprint density at radius 3 is 1.44 bits per heavy atom. The summed E-state index contributed by atoms with van der Waals surface area (Å²) < 4.78 is 46.3. The highest BCUT2D eigenvalue weighted by Crippen LogP contribution is 2.52. The lowest BCUT2D eigenvalue weighted by molar-refractivity contribution is -0.383. The van der Waals surface area contributed by atoms with Crippen molar-refractivity contribution in [2.45, 2.75) is 27.7 Å². The summed E-state index contributed by atoms with van der Waals surface area (Å²) in [6, 6.07) is 0. The van der Waals surface area contributed by atoms with Crippen molar-refractivity contribution in [1.29, 1.82) is 0 Å². The molecule has 1 aromatic rings. The summed E-state index contributed by atoms with van der Waals surface area (Å²) in [5.74, 6) is 0. The first-order valence-electron chi connectivity index (χ1n) is 7.58. The summed E-state index contributed by atoms with van der Waals surface area (Å²) >= 11 is 0. The van der Waals surface area contributed by atoms with Gasteiger partial charge >= 0.3 is 20.9 Å². The average Bonchev–Trinajstić information content (AvgIpc) is 2.55. The van der Waals surface area contributed by atoms with E-state index in [-0.39, 0.29) is 26.4 Å². The van der Waals surface area contributed by atoms with E-state index in [9.17, 15) is 19.2 Å². The van der Waals surface area contributed by atoms with Crippen LogP contribution in [0, 0.1) is 10.1 Å². The van der Waals surface area contributed by atoms with Gasteiger partial charge in [-0.2, -0.15) is 0 Å². The van der Waals surface area contributed by atoms with Crippen LogP contribution < -0.4 is 10.9 Å². The number of hydrogen-bond acceptors (Lipinski definition) is 10. The predicted octanol–water partition coefficient (Wildman–Crippen LogP) is 2.17. The summed E-state index contributed by atoms with van der Waals surface area (Å²) in [5.41, 5.74) is -2.05. The number of aromatic nitrogens is 2. The maximum absolute atomic E-state index is 12.9. The van der Waals surface area contributed by atoms with Crippen LogP contribution in [0.1, 0.15) is 27.7 Å². The van der Waals surface area contributed by atoms with E-state index in [2.05, 4.69) is 9.97 Å². The Morgan fingerprint density at radius 2 is 1.20 bits per heavy atom. The third kappa shape index (κ3) is 4.91. The molecule has 1 aromatic heterocycles. The van der Waals surface area contributed by atoms with Gasteiger partial charge in [0.1, 0.15) is 6.33 Å². The molecule has 11 nitrogen and oxygen atoms in total. The van der Waals surface area contributed by atoms with Crippen molar-refractivity contribution in [1.82, 2.24) is 9.97 Å². The van der Waals surface area contributed by atoms with Gasteiger partial charge in [0.2, 0.25) is 10.9 Å². The molecule has 0 atom stereocenters. The molecule has 0 unspecified atom stereocenters. The molecule has 142 valence electrons. The minimum atomic E-state index is -4.12. The number of rotatable bonds is 11. The summed E-state index contributed by atoms with van der Waals surface area (Å²) in [7, 11) is -8.25. The van der Waals surface area contributed by atoms with E-state index in [1.165, 1.54) is 0 Å². The van der Waals surface area contributed by atoms with E-state index in [0.29, 0.717) is 0 Å². The van der Waals surface area contributed by atoms with Gasteiger partial charge in [0.05, 0.1) is 31.4 Å². The van der Waals surface area contributed by atoms with E-state index in [1.807, 2.05) is 0 Å². The van der Waals surface area contributed by atoms with Crippen LogP contribution in [0.2, 0.25) is 0 Å². The predicted molar refractivity (Wildman–Crippen MR) is 89.7 cm³/mol. The van der Waals surface area contributed by atoms with Gasteiger partial charge in [0, 0.05) is 0 Å². The topological polar surface area (TPSA) is 140 Å². The van der Waals surface area contributed by atoms with E-state index < -0.39 is 36.7 Å². The zero-order valence-corrected chi connectivity index (χ0v) is 16.2. The Hall–Kier alpha value is -1.22. The average molecular weight is 397 g/mol. The molecular weight excluding hydrogens is 376 g/mol. The Kier molecular flexibility index (Phi) is 8.27. The fourth-order valence-electron chi connectivity index (χ4n) is 1.92. The van der Waals surface area contributed by atoms with E-state index in [1.54, 1.807) is 27.7 Å². The Morgan fingerprint density at radius 1 is 0.880 bits per heavy atom. The first kappa shape index (κ1) is 21.8. The van der Waals surface area contributed by atoms with Crippen molar-refractivity contribution >= 4 is 31.7 Å². The summed E-state index contributed by atoms with van der Waals surface area (Å²) in [6.07, 6.45) is 0.882. The largest absolute Gasteiger partial charge is 0.386 e. The number of nitrogens with zero attached hydrogens (tertiary/aromatic N) is 3. The standard InChI is InChI=1S/C12H21N3O8P2/c1-5-20-24(18,21-6-2)11-10(15(16)17)12(14-9-13-11)25(19,22-7-3)23-8-4/h9H,5-8H2,1-4H3. The van der Waals surface area contributed by atoms with Gasteiger partial charge in [-0.15, -0.1) is 0 Å². The SMILES string of the molecule is CCOP(=O)(OCC)c1ncnc(P(=O)(OCC)OCC)c1[N+](=O)[O-]. The zero-order valence-electron chi connectivity index (χ0n) is 14.4. The molecule has 0 amide bonds. The van der Waals surface area contributed by atoms with Crippen LogP contribution in [0.3, 0.4) is 0 Å². The Bertz CT molecular complexity index is 631.